The van der Waals surface area contributed by atoms with Crippen molar-refractivity contribution < 1.29 is 4.74 Å². The third-order valence-electron chi connectivity index (χ3n) is 3.77. The fourth-order valence-electron chi connectivity index (χ4n) is 2.49. The molecular formula is C20H23N5O. The number of hydrogen-bond donors (Lipinski definition) is 2. The fourth-order valence-corrected chi connectivity index (χ4v) is 2.49. The summed E-state index contributed by atoms with van der Waals surface area (Å²) in [4.78, 5) is 4.48. The minimum absolute atomic E-state index is 0.0906. The van der Waals surface area contributed by atoms with Crippen molar-refractivity contribution in [2.45, 2.75) is 33.4 Å². The Morgan fingerprint density at radius 3 is 2.62 bits per heavy atom. The van der Waals surface area contributed by atoms with Crippen molar-refractivity contribution in [1.29, 1.82) is 0 Å². The topological polar surface area (TPSA) is 72.0 Å². The van der Waals surface area contributed by atoms with E-state index in [1.165, 1.54) is 11.1 Å². The average molecular weight is 349 g/mol. The molecule has 0 saturated carbocycles. The number of nitrogens with zero attached hydrogens (tertiary/aromatic N) is 3. The van der Waals surface area contributed by atoms with Crippen LogP contribution in [0.4, 0.5) is 17.5 Å². The molecule has 3 rings (SSSR count). The summed E-state index contributed by atoms with van der Waals surface area (Å²) >= 11 is 0. The summed E-state index contributed by atoms with van der Waals surface area (Å²) in [5.74, 6) is 1.85. The largest absolute Gasteiger partial charge is 0.489 e. The summed E-state index contributed by atoms with van der Waals surface area (Å²) in [5, 5.41) is 14.5. The van der Waals surface area contributed by atoms with Crippen LogP contribution < -0.4 is 15.4 Å². The number of para-hydroxylation sites is 2. The molecule has 1 heterocycles. The molecule has 0 atom stereocenters. The number of ether oxygens (including phenoxy) is 1. The lowest BCUT2D eigenvalue weighted by atomic mass is 10.1. The standard InChI is InChI=1S/C20H23N5O/c1-14(2)26-18-11-7-6-10-17(18)23-19-13-22-25-20(24-19)21-12-16-9-5-4-8-15(16)3/h4-11,13-14H,12H2,1-3H3,(H2,21,23,24,25). The van der Waals surface area contributed by atoms with E-state index in [1.54, 1.807) is 6.20 Å². The Hall–Kier alpha value is -3.15. The monoisotopic (exact) mass is 349 g/mol. The van der Waals surface area contributed by atoms with Crippen molar-refractivity contribution in [3.05, 3.63) is 65.9 Å². The van der Waals surface area contributed by atoms with E-state index in [0.29, 0.717) is 18.3 Å². The van der Waals surface area contributed by atoms with E-state index in [9.17, 15) is 0 Å². The molecule has 0 aliphatic rings. The summed E-state index contributed by atoms with van der Waals surface area (Å²) in [6, 6.07) is 16.0. The Labute approximate surface area is 153 Å². The predicted molar refractivity (Wildman–Crippen MR) is 104 cm³/mol. The van der Waals surface area contributed by atoms with Gasteiger partial charge in [-0.3, -0.25) is 0 Å². The molecule has 0 unspecified atom stereocenters. The summed E-state index contributed by atoms with van der Waals surface area (Å²) < 4.78 is 5.82. The molecule has 0 saturated heterocycles. The summed E-state index contributed by atoms with van der Waals surface area (Å²) in [7, 11) is 0. The van der Waals surface area contributed by atoms with E-state index >= 15 is 0 Å². The molecule has 134 valence electrons. The van der Waals surface area contributed by atoms with E-state index < -0.39 is 0 Å². The van der Waals surface area contributed by atoms with Crippen LogP contribution in [0.3, 0.4) is 0 Å². The van der Waals surface area contributed by atoms with Crippen molar-refractivity contribution in [3.63, 3.8) is 0 Å². The van der Waals surface area contributed by atoms with Crippen LogP contribution in [-0.2, 0) is 6.54 Å². The predicted octanol–water partition coefficient (Wildman–Crippen LogP) is 4.32. The first-order chi connectivity index (χ1) is 12.6. The van der Waals surface area contributed by atoms with Gasteiger partial charge in [-0.15, -0.1) is 5.10 Å². The maximum Gasteiger partial charge on any atom is 0.244 e. The fraction of sp³-hybridized carbons (Fsp3) is 0.250. The minimum Gasteiger partial charge on any atom is -0.489 e. The Kier molecular flexibility index (Phi) is 5.63. The van der Waals surface area contributed by atoms with E-state index in [-0.39, 0.29) is 6.10 Å². The SMILES string of the molecule is Cc1ccccc1CNc1nncc(Nc2ccccc2OC(C)C)n1. The maximum absolute atomic E-state index is 5.82. The number of anilines is 3. The van der Waals surface area contributed by atoms with Gasteiger partial charge < -0.3 is 15.4 Å². The molecule has 0 aliphatic heterocycles. The molecule has 0 spiro atoms. The molecule has 3 aromatic rings. The van der Waals surface area contributed by atoms with Gasteiger partial charge in [0, 0.05) is 6.54 Å². The Morgan fingerprint density at radius 2 is 1.81 bits per heavy atom. The van der Waals surface area contributed by atoms with Gasteiger partial charge in [-0.2, -0.15) is 10.1 Å². The second-order valence-corrected chi connectivity index (χ2v) is 6.23. The van der Waals surface area contributed by atoms with Crippen LogP contribution in [0.25, 0.3) is 0 Å². The van der Waals surface area contributed by atoms with Crippen LogP contribution in [0.1, 0.15) is 25.0 Å². The highest BCUT2D eigenvalue weighted by atomic mass is 16.5. The third-order valence-corrected chi connectivity index (χ3v) is 3.77. The van der Waals surface area contributed by atoms with Gasteiger partial charge in [0.25, 0.3) is 0 Å². The normalized spacial score (nSPS) is 10.6. The Morgan fingerprint density at radius 1 is 1.04 bits per heavy atom. The van der Waals surface area contributed by atoms with Crippen LogP contribution in [0.5, 0.6) is 5.75 Å². The van der Waals surface area contributed by atoms with Crippen LogP contribution in [-0.4, -0.2) is 21.3 Å². The van der Waals surface area contributed by atoms with Crippen LogP contribution in [0, 0.1) is 6.92 Å². The first kappa shape index (κ1) is 17.7. The van der Waals surface area contributed by atoms with Gasteiger partial charge in [0.15, 0.2) is 5.82 Å². The van der Waals surface area contributed by atoms with Crippen molar-refractivity contribution >= 4 is 17.5 Å². The molecule has 0 amide bonds. The zero-order valence-electron chi connectivity index (χ0n) is 15.2. The molecule has 0 bridgehead atoms. The van der Waals surface area contributed by atoms with Crippen LogP contribution >= 0.6 is 0 Å². The Balaban J connectivity index is 1.71. The Bertz CT molecular complexity index is 866. The van der Waals surface area contributed by atoms with E-state index in [4.69, 9.17) is 4.74 Å². The maximum atomic E-state index is 5.82. The minimum atomic E-state index is 0.0906. The molecule has 0 aliphatic carbocycles. The summed E-state index contributed by atoms with van der Waals surface area (Å²) in [6.07, 6.45) is 1.68. The highest BCUT2D eigenvalue weighted by molar-refractivity contribution is 5.64. The van der Waals surface area contributed by atoms with E-state index in [2.05, 4.69) is 44.9 Å². The molecule has 1 aromatic heterocycles. The quantitative estimate of drug-likeness (QED) is 0.662. The molecule has 6 heteroatoms. The molecule has 0 fully saturated rings. The lowest BCUT2D eigenvalue weighted by Gasteiger charge is -2.15. The summed E-state index contributed by atoms with van der Waals surface area (Å²) in [5.41, 5.74) is 3.26. The van der Waals surface area contributed by atoms with Crippen molar-refractivity contribution in [3.8, 4) is 5.75 Å². The molecule has 2 N–H and O–H groups in total. The highest BCUT2D eigenvalue weighted by Crippen LogP contribution is 2.27. The molecular weight excluding hydrogens is 326 g/mol. The van der Waals surface area contributed by atoms with Gasteiger partial charge >= 0.3 is 0 Å². The zero-order valence-corrected chi connectivity index (χ0v) is 15.2. The highest BCUT2D eigenvalue weighted by Gasteiger charge is 2.07. The third kappa shape index (κ3) is 4.69. The summed E-state index contributed by atoms with van der Waals surface area (Å²) in [6.45, 7) is 6.72. The van der Waals surface area contributed by atoms with Gasteiger partial charge in [0.05, 0.1) is 18.0 Å². The van der Waals surface area contributed by atoms with Crippen LogP contribution in [0.2, 0.25) is 0 Å². The lowest BCUT2D eigenvalue weighted by molar-refractivity contribution is 0.244. The second kappa shape index (κ2) is 8.29. The van der Waals surface area contributed by atoms with Gasteiger partial charge in [0.1, 0.15) is 5.75 Å². The van der Waals surface area contributed by atoms with E-state index in [1.807, 2.05) is 50.2 Å². The number of hydrogen-bond acceptors (Lipinski definition) is 6. The van der Waals surface area contributed by atoms with Gasteiger partial charge in [-0.25, -0.2) is 0 Å². The number of nitrogens with one attached hydrogen (secondary N) is 2. The zero-order chi connectivity index (χ0) is 18.4. The molecule has 2 aromatic carbocycles. The van der Waals surface area contributed by atoms with Crippen molar-refractivity contribution in [2.75, 3.05) is 10.6 Å². The second-order valence-electron chi connectivity index (χ2n) is 6.23. The lowest BCUT2D eigenvalue weighted by Crippen LogP contribution is -2.09. The number of benzene rings is 2. The van der Waals surface area contributed by atoms with Gasteiger partial charge in [-0.05, 0) is 44.0 Å². The van der Waals surface area contributed by atoms with Gasteiger partial charge in [-0.1, -0.05) is 36.4 Å². The number of rotatable bonds is 7. The van der Waals surface area contributed by atoms with Crippen molar-refractivity contribution in [2.24, 2.45) is 0 Å². The van der Waals surface area contributed by atoms with Crippen molar-refractivity contribution in [1.82, 2.24) is 15.2 Å². The first-order valence-corrected chi connectivity index (χ1v) is 8.62. The smallest absolute Gasteiger partial charge is 0.244 e. The molecule has 6 nitrogen and oxygen atoms in total. The average Bonchev–Trinajstić information content (AvgIpc) is 2.63. The number of aryl methyl sites for hydroxylation is 1. The molecule has 26 heavy (non-hydrogen) atoms. The number of aromatic nitrogens is 3. The van der Waals surface area contributed by atoms with E-state index in [0.717, 1.165) is 11.4 Å². The van der Waals surface area contributed by atoms with Gasteiger partial charge in [0.2, 0.25) is 5.95 Å². The van der Waals surface area contributed by atoms with Crippen LogP contribution in [0.15, 0.2) is 54.7 Å². The first-order valence-electron chi connectivity index (χ1n) is 8.62. The molecule has 0 radical (unpaired) electrons.